The number of carbonyl (C=O) groups is 1. The molecule has 0 aliphatic rings. The number of amides is 1. The van der Waals surface area contributed by atoms with E-state index in [0.29, 0.717) is 37.1 Å². The topological polar surface area (TPSA) is 99.9 Å². The minimum atomic E-state index is -0.566. The van der Waals surface area contributed by atoms with Gasteiger partial charge in [-0.05, 0) is 39.0 Å². The quantitative estimate of drug-likeness (QED) is 0.477. The van der Waals surface area contributed by atoms with Crippen molar-refractivity contribution in [3.8, 4) is 17.2 Å². The summed E-state index contributed by atoms with van der Waals surface area (Å²) in [6, 6.07) is 6.86. The van der Waals surface area contributed by atoms with Crippen molar-refractivity contribution in [1.82, 2.24) is 0 Å². The van der Waals surface area contributed by atoms with E-state index in [1.807, 2.05) is 20.8 Å². The van der Waals surface area contributed by atoms with Crippen LogP contribution in [0.15, 0.2) is 30.3 Å². The van der Waals surface area contributed by atoms with E-state index in [-0.39, 0.29) is 22.0 Å². The van der Waals surface area contributed by atoms with Gasteiger partial charge in [-0.3, -0.25) is 14.9 Å². The second-order valence-corrected chi connectivity index (χ2v) is 5.88. The monoisotopic (exact) mass is 408 g/mol. The molecule has 28 heavy (non-hydrogen) atoms. The molecular weight excluding hydrogens is 388 g/mol. The van der Waals surface area contributed by atoms with Crippen LogP contribution in [0.1, 0.15) is 31.1 Å². The predicted octanol–water partition coefficient (Wildman–Crippen LogP) is 4.70. The van der Waals surface area contributed by atoms with Crippen molar-refractivity contribution in [2.45, 2.75) is 20.8 Å². The summed E-state index contributed by atoms with van der Waals surface area (Å²) in [6.45, 7) is 6.59. The normalized spacial score (nSPS) is 10.3. The average molecular weight is 409 g/mol. The van der Waals surface area contributed by atoms with Crippen LogP contribution in [0.5, 0.6) is 17.2 Å². The lowest BCUT2D eigenvalue weighted by Gasteiger charge is -2.17. The first-order valence-corrected chi connectivity index (χ1v) is 9.10. The number of halogens is 1. The van der Waals surface area contributed by atoms with Crippen molar-refractivity contribution in [1.29, 1.82) is 0 Å². The van der Waals surface area contributed by atoms with Crippen molar-refractivity contribution in [2.24, 2.45) is 0 Å². The molecule has 2 rings (SSSR count). The van der Waals surface area contributed by atoms with Crippen molar-refractivity contribution in [3.63, 3.8) is 0 Å². The van der Waals surface area contributed by atoms with E-state index in [0.717, 1.165) is 0 Å². The Balaban J connectivity index is 2.42. The van der Waals surface area contributed by atoms with E-state index in [9.17, 15) is 14.9 Å². The van der Waals surface area contributed by atoms with E-state index in [1.165, 1.54) is 30.3 Å². The smallest absolute Gasteiger partial charge is 0.271 e. The van der Waals surface area contributed by atoms with Crippen LogP contribution in [-0.4, -0.2) is 30.7 Å². The zero-order valence-corrected chi connectivity index (χ0v) is 16.5. The fraction of sp³-hybridized carbons (Fsp3) is 0.316. The van der Waals surface area contributed by atoms with Gasteiger partial charge in [-0.2, -0.15) is 0 Å². The van der Waals surface area contributed by atoms with Gasteiger partial charge in [0.05, 0.1) is 35.5 Å². The largest absolute Gasteiger partial charge is 0.490 e. The molecule has 0 saturated heterocycles. The highest BCUT2D eigenvalue weighted by atomic mass is 35.5. The molecule has 0 aliphatic heterocycles. The summed E-state index contributed by atoms with van der Waals surface area (Å²) >= 11 is 6.05. The molecular formula is C19H21ClN2O6. The molecule has 0 aliphatic carbocycles. The number of ether oxygens (including phenoxy) is 3. The fourth-order valence-electron chi connectivity index (χ4n) is 2.44. The summed E-state index contributed by atoms with van der Waals surface area (Å²) in [4.78, 5) is 23.1. The standard InChI is InChI=1S/C19H21ClN2O6/c1-4-26-16-9-12(10-17(27-5-2)18(16)28-6-3)19(23)21-15-11-13(22(24)25)7-8-14(15)20/h7-11H,4-6H2,1-3H3,(H,21,23). The Morgan fingerprint density at radius 1 is 1.04 bits per heavy atom. The van der Waals surface area contributed by atoms with Crippen LogP contribution in [0, 0.1) is 10.1 Å². The number of hydrogen-bond acceptors (Lipinski definition) is 6. The van der Waals surface area contributed by atoms with Gasteiger partial charge in [0.25, 0.3) is 11.6 Å². The van der Waals surface area contributed by atoms with E-state index in [1.54, 1.807) is 0 Å². The van der Waals surface area contributed by atoms with E-state index in [4.69, 9.17) is 25.8 Å². The third kappa shape index (κ3) is 5.04. The molecule has 0 spiro atoms. The first kappa shape index (κ1) is 21.3. The maximum absolute atomic E-state index is 12.7. The second kappa shape index (κ2) is 9.80. The molecule has 0 atom stereocenters. The summed E-state index contributed by atoms with van der Waals surface area (Å²) in [5.74, 6) is 0.625. The fourth-order valence-corrected chi connectivity index (χ4v) is 2.60. The summed E-state index contributed by atoms with van der Waals surface area (Å²) in [7, 11) is 0. The molecule has 0 saturated carbocycles. The SMILES string of the molecule is CCOc1cc(C(=O)Nc2cc([N+](=O)[O-])ccc2Cl)cc(OCC)c1OCC. The number of nitrogens with zero attached hydrogens (tertiary/aromatic N) is 1. The molecule has 0 fully saturated rings. The van der Waals surface area contributed by atoms with Crippen LogP contribution in [0.25, 0.3) is 0 Å². The first-order chi connectivity index (χ1) is 13.4. The lowest BCUT2D eigenvalue weighted by atomic mass is 10.1. The minimum Gasteiger partial charge on any atom is -0.490 e. The molecule has 1 amide bonds. The molecule has 0 unspecified atom stereocenters. The van der Waals surface area contributed by atoms with Crippen LogP contribution >= 0.6 is 11.6 Å². The molecule has 2 aromatic rings. The maximum atomic E-state index is 12.7. The number of benzene rings is 2. The number of non-ortho nitro benzene ring substituents is 1. The molecule has 2 aromatic carbocycles. The Kier molecular flexibility index (Phi) is 7.45. The summed E-state index contributed by atoms with van der Waals surface area (Å²) < 4.78 is 16.8. The van der Waals surface area contributed by atoms with Crippen LogP contribution < -0.4 is 19.5 Å². The lowest BCUT2D eigenvalue weighted by molar-refractivity contribution is -0.384. The van der Waals surface area contributed by atoms with E-state index < -0.39 is 10.8 Å². The third-order valence-electron chi connectivity index (χ3n) is 3.58. The average Bonchev–Trinajstić information content (AvgIpc) is 2.66. The zero-order chi connectivity index (χ0) is 20.7. The van der Waals surface area contributed by atoms with Crippen molar-refractivity contribution >= 4 is 28.9 Å². The van der Waals surface area contributed by atoms with E-state index in [2.05, 4.69) is 5.32 Å². The van der Waals surface area contributed by atoms with Crippen molar-refractivity contribution < 1.29 is 23.9 Å². The number of nitro groups is 1. The Bertz CT molecular complexity index is 844. The zero-order valence-electron chi connectivity index (χ0n) is 15.8. The molecule has 0 bridgehead atoms. The number of hydrogen-bond donors (Lipinski definition) is 1. The van der Waals surface area contributed by atoms with Crippen molar-refractivity contribution in [2.75, 3.05) is 25.1 Å². The second-order valence-electron chi connectivity index (χ2n) is 5.48. The van der Waals surface area contributed by atoms with Gasteiger partial charge in [0.2, 0.25) is 5.75 Å². The van der Waals surface area contributed by atoms with Gasteiger partial charge in [-0.1, -0.05) is 11.6 Å². The molecule has 150 valence electrons. The molecule has 9 heteroatoms. The molecule has 8 nitrogen and oxygen atoms in total. The summed E-state index contributed by atoms with van der Waals surface area (Å²) in [6.07, 6.45) is 0. The first-order valence-electron chi connectivity index (χ1n) is 8.72. The number of rotatable bonds is 9. The predicted molar refractivity (Wildman–Crippen MR) is 106 cm³/mol. The molecule has 0 radical (unpaired) electrons. The number of anilines is 1. The Morgan fingerprint density at radius 2 is 1.61 bits per heavy atom. The van der Waals surface area contributed by atoms with Crippen molar-refractivity contribution in [3.05, 3.63) is 51.0 Å². The minimum absolute atomic E-state index is 0.130. The van der Waals surface area contributed by atoms with Gasteiger partial charge in [-0.15, -0.1) is 0 Å². The van der Waals surface area contributed by atoms with Gasteiger partial charge in [0, 0.05) is 17.7 Å². The van der Waals surface area contributed by atoms with Crippen LogP contribution in [-0.2, 0) is 0 Å². The lowest BCUT2D eigenvalue weighted by Crippen LogP contribution is -2.14. The summed E-state index contributed by atoms with van der Waals surface area (Å²) in [5, 5.41) is 13.7. The Labute approximate surface area is 167 Å². The Morgan fingerprint density at radius 3 is 2.11 bits per heavy atom. The maximum Gasteiger partial charge on any atom is 0.271 e. The highest BCUT2D eigenvalue weighted by Crippen LogP contribution is 2.39. The van der Waals surface area contributed by atoms with Gasteiger partial charge < -0.3 is 19.5 Å². The number of carbonyl (C=O) groups excluding carboxylic acids is 1. The molecule has 0 heterocycles. The number of nitrogens with one attached hydrogen (secondary N) is 1. The number of nitro benzene ring substituents is 1. The highest BCUT2D eigenvalue weighted by Gasteiger charge is 2.20. The van der Waals surface area contributed by atoms with Gasteiger partial charge in [0.1, 0.15) is 0 Å². The Hall–Kier alpha value is -3.00. The van der Waals surface area contributed by atoms with Crippen LogP contribution in [0.2, 0.25) is 5.02 Å². The summed E-state index contributed by atoms with van der Waals surface area (Å²) in [5.41, 5.74) is 0.181. The highest BCUT2D eigenvalue weighted by molar-refractivity contribution is 6.34. The third-order valence-corrected chi connectivity index (χ3v) is 3.91. The van der Waals surface area contributed by atoms with Gasteiger partial charge in [0.15, 0.2) is 11.5 Å². The van der Waals surface area contributed by atoms with Gasteiger partial charge in [-0.25, -0.2) is 0 Å². The molecule has 1 N–H and O–H groups in total. The van der Waals surface area contributed by atoms with E-state index >= 15 is 0 Å². The van der Waals surface area contributed by atoms with Gasteiger partial charge >= 0.3 is 0 Å². The van der Waals surface area contributed by atoms with Crippen LogP contribution in [0.3, 0.4) is 0 Å². The van der Waals surface area contributed by atoms with Crippen LogP contribution in [0.4, 0.5) is 11.4 Å². The molecule has 0 aromatic heterocycles.